The highest BCUT2D eigenvalue weighted by Gasteiger charge is 2.05. The number of ether oxygens (including phenoxy) is 1. The van der Waals surface area contributed by atoms with E-state index in [0.29, 0.717) is 13.2 Å². The third-order valence-electron chi connectivity index (χ3n) is 2.15. The van der Waals surface area contributed by atoms with Crippen LogP contribution in [0.5, 0.6) is 5.75 Å². The normalized spacial score (nSPS) is 12.2. The van der Waals surface area contributed by atoms with E-state index in [0.717, 1.165) is 16.9 Å². The van der Waals surface area contributed by atoms with Crippen molar-refractivity contribution in [2.45, 2.75) is 13.0 Å². The summed E-state index contributed by atoms with van der Waals surface area (Å²) in [6.07, 6.45) is -0.472. The molecule has 0 heterocycles. The Bertz CT molecular complexity index is 332. The van der Waals surface area contributed by atoms with Crippen molar-refractivity contribution in [3.63, 3.8) is 0 Å². The quantitative estimate of drug-likeness (QED) is 0.721. The van der Waals surface area contributed by atoms with Crippen molar-refractivity contribution in [2.24, 2.45) is 0 Å². The van der Waals surface area contributed by atoms with Crippen LogP contribution in [0.15, 0.2) is 36.4 Å². The molecule has 3 heteroatoms. The Balaban J connectivity index is 2.57. The lowest BCUT2D eigenvalue weighted by Crippen LogP contribution is -2.16. The summed E-state index contributed by atoms with van der Waals surface area (Å²) in [5.74, 6) is 0.795. The molecule has 0 fully saturated rings. The molecule has 0 radical (unpaired) electrons. The van der Waals surface area contributed by atoms with E-state index in [4.69, 9.17) is 4.74 Å². The number of hydrogen-bond donors (Lipinski definition) is 2. The smallest absolute Gasteiger partial charge is 0.119 e. The van der Waals surface area contributed by atoms with Crippen LogP contribution in [0.2, 0.25) is 0 Å². The predicted molar refractivity (Wildman–Crippen MR) is 65.6 cm³/mol. The van der Waals surface area contributed by atoms with Crippen molar-refractivity contribution in [3.8, 4) is 5.75 Å². The molecule has 2 N–H and O–H groups in total. The zero-order valence-electron chi connectivity index (χ0n) is 9.86. The van der Waals surface area contributed by atoms with Gasteiger partial charge in [0.2, 0.25) is 0 Å². The number of hydrogen-bond acceptors (Lipinski definition) is 3. The minimum absolute atomic E-state index is 0.472. The van der Waals surface area contributed by atoms with Crippen LogP contribution in [0.3, 0.4) is 0 Å². The summed E-state index contributed by atoms with van der Waals surface area (Å²) >= 11 is 0. The lowest BCUT2D eigenvalue weighted by molar-refractivity contribution is 0.177. The van der Waals surface area contributed by atoms with E-state index < -0.39 is 6.10 Å². The van der Waals surface area contributed by atoms with Crippen molar-refractivity contribution in [1.29, 1.82) is 0 Å². The molecule has 88 valence electrons. The highest BCUT2D eigenvalue weighted by atomic mass is 16.5. The second-order valence-corrected chi connectivity index (χ2v) is 3.89. The zero-order valence-corrected chi connectivity index (χ0v) is 9.86. The maximum absolute atomic E-state index is 9.71. The van der Waals surface area contributed by atoms with E-state index in [1.807, 2.05) is 38.2 Å². The first-order chi connectivity index (χ1) is 7.63. The zero-order chi connectivity index (χ0) is 12.0. The molecule has 1 unspecified atom stereocenters. The Morgan fingerprint density at radius 3 is 2.56 bits per heavy atom. The molecule has 1 atom stereocenters. The number of aliphatic hydroxyl groups excluding tert-OH is 1. The van der Waals surface area contributed by atoms with Crippen LogP contribution in [0, 0.1) is 0 Å². The summed E-state index contributed by atoms with van der Waals surface area (Å²) in [6.45, 7) is 6.76. The first-order valence-corrected chi connectivity index (χ1v) is 5.33. The standard InChI is InChI=1S/C13H19NO2/c1-10(2)9-16-12-6-4-11(5-7-12)13(15)8-14-3/h4-7,13-15H,1,8-9H2,2-3H3. The first kappa shape index (κ1) is 12.7. The number of nitrogens with one attached hydrogen (secondary N) is 1. The fourth-order valence-corrected chi connectivity index (χ4v) is 1.30. The third-order valence-corrected chi connectivity index (χ3v) is 2.15. The van der Waals surface area contributed by atoms with E-state index >= 15 is 0 Å². The fourth-order valence-electron chi connectivity index (χ4n) is 1.30. The number of rotatable bonds is 6. The molecule has 0 spiro atoms. The topological polar surface area (TPSA) is 41.5 Å². The predicted octanol–water partition coefficient (Wildman–Crippen LogP) is 1.89. The Morgan fingerprint density at radius 2 is 2.06 bits per heavy atom. The van der Waals surface area contributed by atoms with Crippen molar-refractivity contribution in [2.75, 3.05) is 20.2 Å². The van der Waals surface area contributed by atoms with Crippen molar-refractivity contribution >= 4 is 0 Å². The van der Waals surface area contributed by atoms with Gasteiger partial charge >= 0.3 is 0 Å². The maximum atomic E-state index is 9.71. The fraction of sp³-hybridized carbons (Fsp3) is 0.385. The second kappa shape index (κ2) is 6.30. The average Bonchev–Trinajstić information content (AvgIpc) is 2.27. The van der Waals surface area contributed by atoms with Crippen LogP contribution in [0.4, 0.5) is 0 Å². The number of likely N-dealkylation sites (N-methyl/N-ethyl adjacent to an activating group) is 1. The van der Waals surface area contributed by atoms with Crippen molar-refractivity contribution in [3.05, 3.63) is 42.0 Å². The lowest BCUT2D eigenvalue weighted by Gasteiger charge is -2.11. The molecular formula is C13H19NO2. The molecule has 0 saturated heterocycles. The molecular weight excluding hydrogens is 202 g/mol. The molecule has 0 aliphatic rings. The minimum atomic E-state index is -0.472. The van der Waals surface area contributed by atoms with Crippen LogP contribution in [0.1, 0.15) is 18.6 Å². The minimum Gasteiger partial charge on any atom is -0.489 e. The molecule has 1 aromatic carbocycles. The Morgan fingerprint density at radius 1 is 1.44 bits per heavy atom. The Hall–Kier alpha value is -1.32. The molecule has 16 heavy (non-hydrogen) atoms. The summed E-state index contributed by atoms with van der Waals surface area (Å²) in [4.78, 5) is 0. The summed E-state index contributed by atoms with van der Waals surface area (Å²) < 4.78 is 5.47. The molecule has 0 aromatic heterocycles. The molecule has 1 aromatic rings. The van der Waals surface area contributed by atoms with E-state index in [9.17, 15) is 5.11 Å². The van der Waals surface area contributed by atoms with Crippen molar-refractivity contribution < 1.29 is 9.84 Å². The molecule has 0 bridgehead atoms. The van der Waals surface area contributed by atoms with Crippen LogP contribution in [0.25, 0.3) is 0 Å². The number of aliphatic hydroxyl groups is 1. The van der Waals surface area contributed by atoms with Crippen LogP contribution in [-0.4, -0.2) is 25.3 Å². The Labute approximate surface area is 96.8 Å². The van der Waals surface area contributed by atoms with Gasteiger partial charge in [-0.1, -0.05) is 18.7 Å². The first-order valence-electron chi connectivity index (χ1n) is 5.33. The highest BCUT2D eigenvalue weighted by molar-refractivity contribution is 5.28. The monoisotopic (exact) mass is 221 g/mol. The second-order valence-electron chi connectivity index (χ2n) is 3.89. The van der Waals surface area contributed by atoms with E-state index in [-0.39, 0.29) is 0 Å². The van der Waals surface area contributed by atoms with Crippen LogP contribution >= 0.6 is 0 Å². The summed E-state index contributed by atoms with van der Waals surface area (Å²) in [5, 5.41) is 12.6. The van der Waals surface area contributed by atoms with Crippen LogP contribution < -0.4 is 10.1 Å². The molecule has 0 aliphatic carbocycles. The number of benzene rings is 1. The molecule has 3 nitrogen and oxygen atoms in total. The van der Waals surface area contributed by atoms with E-state index in [1.54, 1.807) is 0 Å². The van der Waals surface area contributed by atoms with Gasteiger partial charge in [0.05, 0.1) is 6.10 Å². The molecule has 1 rings (SSSR count). The summed E-state index contributed by atoms with van der Waals surface area (Å²) in [5.41, 5.74) is 1.87. The van der Waals surface area contributed by atoms with Gasteiger partial charge in [-0.05, 0) is 37.2 Å². The van der Waals surface area contributed by atoms with Gasteiger partial charge in [0.25, 0.3) is 0 Å². The largest absolute Gasteiger partial charge is 0.489 e. The molecule has 0 amide bonds. The van der Waals surface area contributed by atoms with Crippen molar-refractivity contribution in [1.82, 2.24) is 5.32 Å². The maximum Gasteiger partial charge on any atom is 0.119 e. The van der Waals surface area contributed by atoms with E-state index in [2.05, 4.69) is 11.9 Å². The van der Waals surface area contributed by atoms with Gasteiger partial charge in [0.1, 0.15) is 12.4 Å². The highest BCUT2D eigenvalue weighted by Crippen LogP contribution is 2.17. The van der Waals surface area contributed by atoms with Crippen LogP contribution in [-0.2, 0) is 0 Å². The van der Waals surface area contributed by atoms with Gasteiger partial charge in [-0.25, -0.2) is 0 Å². The third kappa shape index (κ3) is 4.04. The van der Waals surface area contributed by atoms with Gasteiger partial charge in [-0.2, -0.15) is 0 Å². The molecule has 0 aliphatic heterocycles. The van der Waals surface area contributed by atoms with Gasteiger partial charge in [0.15, 0.2) is 0 Å². The van der Waals surface area contributed by atoms with E-state index in [1.165, 1.54) is 0 Å². The van der Waals surface area contributed by atoms with Gasteiger partial charge in [-0.15, -0.1) is 0 Å². The average molecular weight is 221 g/mol. The SMILES string of the molecule is C=C(C)COc1ccc(C(O)CNC)cc1. The van der Waals surface area contributed by atoms with Gasteiger partial charge < -0.3 is 15.2 Å². The molecule has 0 saturated carbocycles. The van der Waals surface area contributed by atoms with Gasteiger partial charge in [-0.3, -0.25) is 0 Å². The summed E-state index contributed by atoms with van der Waals surface area (Å²) in [7, 11) is 1.81. The van der Waals surface area contributed by atoms with Gasteiger partial charge in [0, 0.05) is 6.54 Å². The Kier molecular flexibility index (Phi) is 5.02. The lowest BCUT2D eigenvalue weighted by atomic mass is 10.1. The summed E-state index contributed by atoms with van der Waals surface area (Å²) in [6, 6.07) is 7.46.